The van der Waals surface area contributed by atoms with E-state index < -0.39 is 11.2 Å². The summed E-state index contributed by atoms with van der Waals surface area (Å²) < 4.78 is 13.4. The lowest BCUT2D eigenvalue weighted by Crippen LogP contribution is -2.49. The summed E-state index contributed by atoms with van der Waals surface area (Å²) in [6.45, 7) is 6.85. The van der Waals surface area contributed by atoms with E-state index in [4.69, 9.17) is 9.97 Å². The van der Waals surface area contributed by atoms with E-state index in [-0.39, 0.29) is 5.41 Å². The molecule has 39 heavy (non-hydrogen) atoms. The van der Waals surface area contributed by atoms with Gasteiger partial charge >= 0.3 is 0 Å². The first-order valence-electron chi connectivity index (χ1n) is 13.3. The number of hydrogen-bond donors (Lipinski definition) is 1. The number of hydrogen-bond acceptors (Lipinski definition) is 8. The highest BCUT2D eigenvalue weighted by Gasteiger charge is 2.43. The third-order valence-electron chi connectivity index (χ3n) is 7.66. The van der Waals surface area contributed by atoms with Crippen molar-refractivity contribution in [2.75, 3.05) is 35.3 Å². The Balaban J connectivity index is 1.24. The predicted molar refractivity (Wildman–Crippen MR) is 154 cm³/mol. The zero-order valence-corrected chi connectivity index (χ0v) is 23.3. The van der Waals surface area contributed by atoms with Crippen LogP contribution in [0.5, 0.6) is 0 Å². The second kappa shape index (κ2) is 10.1. The second-order valence-electron chi connectivity index (χ2n) is 11.2. The van der Waals surface area contributed by atoms with E-state index in [1.165, 1.54) is 16.6 Å². The molecule has 0 radical (unpaired) electrons. The largest absolute Gasteiger partial charge is 0.617 e. The number of anilines is 3. The summed E-state index contributed by atoms with van der Waals surface area (Å²) in [4.78, 5) is 16.2. The molecule has 4 aromatic rings. The molecule has 1 N–H and O–H groups in total. The monoisotopic (exact) mass is 540 g/mol. The van der Waals surface area contributed by atoms with Crippen LogP contribution in [0.3, 0.4) is 0 Å². The van der Waals surface area contributed by atoms with Crippen molar-refractivity contribution in [3.63, 3.8) is 0 Å². The molecule has 0 spiro atoms. The van der Waals surface area contributed by atoms with Crippen LogP contribution >= 0.6 is 0 Å². The number of pyridine rings is 1. The molecule has 200 valence electrons. The number of aromatic nitrogens is 5. The Morgan fingerprint density at radius 1 is 1.15 bits per heavy atom. The van der Waals surface area contributed by atoms with Crippen LogP contribution in [0.25, 0.3) is 22.2 Å². The number of rotatable bonds is 9. The van der Waals surface area contributed by atoms with Crippen molar-refractivity contribution in [2.24, 2.45) is 11.3 Å². The molecule has 1 aliphatic carbocycles. The van der Waals surface area contributed by atoms with Gasteiger partial charge < -0.3 is 14.8 Å². The number of nitrogens with zero attached hydrogens (tertiary/aromatic N) is 7. The zero-order chi connectivity index (χ0) is 27.1. The maximum atomic E-state index is 11.6. The second-order valence-corrected chi connectivity index (χ2v) is 12.6. The average molecular weight is 541 g/mol. The summed E-state index contributed by atoms with van der Waals surface area (Å²) >= 11 is -0.764. The smallest absolute Gasteiger partial charge is 0.164 e. The highest BCUT2D eigenvalue weighted by Crippen LogP contribution is 2.46. The zero-order valence-electron chi connectivity index (χ0n) is 22.5. The summed E-state index contributed by atoms with van der Waals surface area (Å²) in [7, 11) is 0. The Bertz CT molecular complexity index is 1550. The van der Waals surface area contributed by atoms with E-state index in [2.05, 4.69) is 58.4 Å². The minimum Gasteiger partial charge on any atom is -0.617 e. The molecule has 1 unspecified atom stereocenters. The lowest BCUT2D eigenvalue weighted by molar-refractivity contribution is 0.445. The average Bonchev–Trinajstić information content (AvgIpc) is 3.51. The van der Waals surface area contributed by atoms with Crippen LogP contribution < -0.4 is 10.2 Å². The molecule has 6 rings (SSSR count). The van der Waals surface area contributed by atoms with Crippen LogP contribution in [0.4, 0.5) is 17.3 Å². The van der Waals surface area contributed by atoms with Gasteiger partial charge in [0.1, 0.15) is 17.4 Å². The standard InChI is InChI=1S/C29H32N8OS/c1-19(2)22-4-5-25(36-13-20(14-36)16-39(3)38)24-12-32-27(10-23(22)24)34-26-6-9-31-28(35-26)21-11-33-37(15-21)18-29(17-30)7-8-29/h4-6,9-12,15,19-20H,7-8,13-14,16,18H2,1-3H3,(H,31,32,34,35). The van der Waals surface area contributed by atoms with Crippen LogP contribution in [0.2, 0.25) is 0 Å². The predicted octanol–water partition coefficient (Wildman–Crippen LogP) is 4.87. The van der Waals surface area contributed by atoms with Crippen LogP contribution in [0.1, 0.15) is 38.2 Å². The Hall–Kier alpha value is -3.68. The summed E-state index contributed by atoms with van der Waals surface area (Å²) in [6.07, 6.45) is 10.9. The molecule has 1 aliphatic heterocycles. The van der Waals surface area contributed by atoms with Gasteiger partial charge in [-0.2, -0.15) is 10.4 Å². The van der Waals surface area contributed by atoms with Crippen LogP contribution in [-0.2, 0) is 17.7 Å². The van der Waals surface area contributed by atoms with E-state index in [0.29, 0.717) is 30.0 Å². The van der Waals surface area contributed by atoms with Crippen molar-refractivity contribution in [3.05, 3.63) is 54.6 Å². The minimum atomic E-state index is -0.764. The first-order chi connectivity index (χ1) is 18.8. The van der Waals surface area contributed by atoms with Crippen LogP contribution in [0, 0.1) is 22.7 Å². The number of nitrogens with one attached hydrogen (secondary N) is 1. The fourth-order valence-electron chi connectivity index (χ4n) is 5.33. The van der Waals surface area contributed by atoms with Gasteiger partial charge in [0, 0.05) is 48.7 Å². The van der Waals surface area contributed by atoms with Gasteiger partial charge in [-0.15, -0.1) is 0 Å². The molecule has 2 aliphatic rings. The Morgan fingerprint density at radius 3 is 2.69 bits per heavy atom. The molecule has 1 atom stereocenters. The summed E-state index contributed by atoms with van der Waals surface area (Å²) in [5, 5.41) is 19.5. The molecule has 10 heteroatoms. The Kier molecular flexibility index (Phi) is 6.65. The summed E-state index contributed by atoms with van der Waals surface area (Å²) in [5.41, 5.74) is 2.99. The van der Waals surface area contributed by atoms with Gasteiger partial charge in [-0.3, -0.25) is 4.68 Å². The SMILES string of the molecule is CC(C)c1ccc(N2CC(C[S+](C)[O-])C2)c2cnc(Nc3ccnc(-c4cnn(CC5(C#N)CC5)c4)n3)cc12. The lowest BCUT2D eigenvalue weighted by Gasteiger charge is -2.41. The van der Waals surface area contributed by atoms with Crippen LogP contribution in [0.15, 0.2) is 49.1 Å². The first-order valence-corrected chi connectivity index (χ1v) is 15.1. The van der Waals surface area contributed by atoms with Crippen molar-refractivity contribution in [1.82, 2.24) is 24.7 Å². The molecular formula is C29H32N8OS. The molecule has 1 aromatic carbocycles. The van der Waals surface area contributed by atoms with Gasteiger partial charge in [0.15, 0.2) is 5.82 Å². The van der Waals surface area contributed by atoms with E-state index in [9.17, 15) is 9.81 Å². The molecule has 9 nitrogen and oxygen atoms in total. The number of fused-ring (bicyclic) bond motifs is 1. The minimum absolute atomic E-state index is 0.267. The normalized spacial score (nSPS) is 17.2. The Labute approximate surface area is 231 Å². The van der Waals surface area contributed by atoms with Crippen molar-refractivity contribution in [2.45, 2.75) is 39.2 Å². The first kappa shape index (κ1) is 25.6. The molecule has 0 amide bonds. The van der Waals surface area contributed by atoms with Gasteiger partial charge in [0.05, 0.1) is 36.0 Å². The van der Waals surface area contributed by atoms with Gasteiger partial charge in [-0.1, -0.05) is 31.1 Å². The van der Waals surface area contributed by atoms with Gasteiger partial charge in [0.25, 0.3) is 0 Å². The Morgan fingerprint density at radius 2 is 1.97 bits per heavy atom. The molecule has 1 saturated carbocycles. The third kappa shape index (κ3) is 5.29. The van der Waals surface area contributed by atoms with Crippen molar-refractivity contribution < 1.29 is 4.55 Å². The topological polar surface area (TPSA) is 119 Å². The van der Waals surface area contributed by atoms with Crippen molar-refractivity contribution >= 4 is 39.3 Å². The molecule has 1 saturated heterocycles. The van der Waals surface area contributed by atoms with Crippen molar-refractivity contribution in [1.29, 1.82) is 5.26 Å². The fourth-order valence-corrected chi connectivity index (χ4v) is 6.20. The van der Waals surface area contributed by atoms with Crippen molar-refractivity contribution in [3.8, 4) is 17.5 Å². The van der Waals surface area contributed by atoms with E-state index >= 15 is 0 Å². The van der Waals surface area contributed by atoms with E-state index in [0.717, 1.165) is 48.5 Å². The summed E-state index contributed by atoms with van der Waals surface area (Å²) in [6, 6.07) is 10.8. The highest BCUT2D eigenvalue weighted by atomic mass is 32.2. The molecule has 2 fully saturated rings. The van der Waals surface area contributed by atoms with Gasteiger partial charge in [0.2, 0.25) is 0 Å². The lowest BCUT2D eigenvalue weighted by atomic mass is 9.93. The van der Waals surface area contributed by atoms with Gasteiger partial charge in [-0.25, -0.2) is 15.0 Å². The molecule has 4 heterocycles. The maximum absolute atomic E-state index is 11.6. The third-order valence-corrected chi connectivity index (χ3v) is 8.60. The van der Waals surface area contributed by atoms with E-state index in [1.807, 2.05) is 23.1 Å². The summed E-state index contributed by atoms with van der Waals surface area (Å²) in [5.74, 6) is 3.53. The maximum Gasteiger partial charge on any atom is 0.164 e. The molecule has 0 bridgehead atoms. The highest BCUT2D eigenvalue weighted by molar-refractivity contribution is 7.90. The van der Waals surface area contributed by atoms with Crippen LogP contribution in [-0.4, -0.2) is 54.4 Å². The number of benzene rings is 1. The van der Waals surface area contributed by atoms with Gasteiger partial charge in [-0.05, 0) is 47.9 Å². The molecule has 3 aromatic heterocycles. The fraction of sp³-hybridized carbons (Fsp3) is 0.414. The van der Waals surface area contributed by atoms with E-state index in [1.54, 1.807) is 18.6 Å². The quantitative estimate of drug-likeness (QED) is 0.299. The number of nitriles is 1. The molecular weight excluding hydrogens is 508 g/mol.